The smallest absolute Gasteiger partial charge is 0.0642 e. The van der Waals surface area contributed by atoms with Crippen molar-refractivity contribution in [2.45, 2.75) is 0 Å². The fraction of sp³-hybridized carbons (Fsp3) is 0.600. The number of hydrogen-bond acceptors (Lipinski definition) is 3. The predicted molar refractivity (Wildman–Crippen MR) is 54.6 cm³/mol. The highest BCUT2D eigenvalue weighted by molar-refractivity contribution is 4.86. The van der Waals surface area contributed by atoms with Crippen LogP contribution in [0, 0.1) is 0 Å². The van der Waals surface area contributed by atoms with Crippen LogP contribution in [0.3, 0.4) is 0 Å². The molecule has 13 heavy (non-hydrogen) atoms. The normalized spacial score (nSPS) is 18.0. The van der Waals surface area contributed by atoms with Crippen molar-refractivity contribution in [3.05, 3.63) is 24.9 Å². The third-order valence-electron chi connectivity index (χ3n) is 1.91. The maximum absolute atomic E-state index is 5.24. The summed E-state index contributed by atoms with van der Waals surface area (Å²) in [5.74, 6) is 0. The molecule has 0 aromatic heterocycles. The quantitative estimate of drug-likeness (QED) is 0.498. The molecular weight excluding hydrogens is 164 g/mol. The van der Waals surface area contributed by atoms with Crippen LogP contribution >= 0.6 is 0 Å². The average Bonchev–Trinajstić information content (AvgIpc) is 2.19. The van der Waals surface area contributed by atoms with E-state index in [0.717, 1.165) is 39.4 Å². The summed E-state index contributed by atoms with van der Waals surface area (Å²) in [6, 6.07) is 0. The Morgan fingerprint density at radius 3 is 2.77 bits per heavy atom. The van der Waals surface area contributed by atoms with Crippen LogP contribution in [-0.2, 0) is 4.74 Å². The lowest BCUT2D eigenvalue weighted by molar-refractivity contribution is 0.0593. The predicted octanol–water partition coefficient (Wildman–Crippen LogP) is 0.608. The lowest BCUT2D eigenvalue weighted by Crippen LogP contribution is -2.32. The SMILES string of the molecule is C=CCNCC=CN1CCOCC1. The molecule has 1 saturated heterocycles. The first-order valence-electron chi connectivity index (χ1n) is 4.73. The number of nitrogens with one attached hydrogen (secondary N) is 1. The Morgan fingerprint density at radius 2 is 2.08 bits per heavy atom. The van der Waals surface area contributed by atoms with Gasteiger partial charge in [0, 0.05) is 26.2 Å². The van der Waals surface area contributed by atoms with E-state index in [4.69, 9.17) is 4.74 Å². The molecule has 3 heteroatoms. The third kappa shape index (κ3) is 4.70. The molecule has 0 bridgehead atoms. The van der Waals surface area contributed by atoms with Crippen molar-refractivity contribution in [3.8, 4) is 0 Å². The van der Waals surface area contributed by atoms with Gasteiger partial charge in [-0.1, -0.05) is 12.2 Å². The Bertz CT molecular complexity index is 162. The van der Waals surface area contributed by atoms with Gasteiger partial charge in [0.25, 0.3) is 0 Å². The number of nitrogens with zero attached hydrogens (tertiary/aromatic N) is 1. The minimum atomic E-state index is 0.852. The summed E-state index contributed by atoms with van der Waals surface area (Å²) >= 11 is 0. The number of rotatable bonds is 5. The first kappa shape index (κ1) is 10.3. The van der Waals surface area contributed by atoms with Crippen molar-refractivity contribution in [3.63, 3.8) is 0 Å². The molecule has 74 valence electrons. The van der Waals surface area contributed by atoms with E-state index >= 15 is 0 Å². The molecule has 1 aliphatic rings. The topological polar surface area (TPSA) is 24.5 Å². The van der Waals surface area contributed by atoms with Crippen LogP contribution in [0.25, 0.3) is 0 Å². The molecule has 0 aromatic rings. The highest BCUT2D eigenvalue weighted by atomic mass is 16.5. The molecule has 1 fully saturated rings. The molecule has 0 aromatic carbocycles. The summed E-state index contributed by atoms with van der Waals surface area (Å²) in [6.07, 6.45) is 6.13. The standard InChI is InChI=1S/C10H18N2O/c1-2-4-11-5-3-6-12-7-9-13-10-8-12/h2-3,6,11H,1,4-5,7-10H2. The Labute approximate surface area is 80.1 Å². The fourth-order valence-corrected chi connectivity index (χ4v) is 1.20. The van der Waals surface area contributed by atoms with Crippen LogP contribution < -0.4 is 5.32 Å². The van der Waals surface area contributed by atoms with Crippen LogP contribution in [0.15, 0.2) is 24.9 Å². The molecule has 0 unspecified atom stereocenters. The minimum absolute atomic E-state index is 0.852. The lowest BCUT2D eigenvalue weighted by Gasteiger charge is -2.24. The van der Waals surface area contributed by atoms with E-state index < -0.39 is 0 Å². The molecule has 1 aliphatic heterocycles. The maximum atomic E-state index is 5.24. The lowest BCUT2D eigenvalue weighted by atomic mass is 10.4. The van der Waals surface area contributed by atoms with Gasteiger partial charge < -0.3 is 15.0 Å². The molecule has 0 saturated carbocycles. The Balaban J connectivity index is 2.04. The second kappa shape index (κ2) is 6.69. The van der Waals surface area contributed by atoms with Crippen LogP contribution in [0.5, 0.6) is 0 Å². The third-order valence-corrected chi connectivity index (χ3v) is 1.91. The van der Waals surface area contributed by atoms with E-state index in [1.165, 1.54) is 0 Å². The first-order valence-corrected chi connectivity index (χ1v) is 4.73. The Morgan fingerprint density at radius 1 is 1.31 bits per heavy atom. The molecule has 0 atom stereocenters. The van der Waals surface area contributed by atoms with Gasteiger partial charge >= 0.3 is 0 Å². The number of hydrogen-bond donors (Lipinski definition) is 1. The van der Waals surface area contributed by atoms with Crippen LogP contribution in [-0.4, -0.2) is 44.3 Å². The molecule has 0 spiro atoms. The summed E-state index contributed by atoms with van der Waals surface area (Å²) < 4.78 is 5.24. The molecule has 1 N–H and O–H groups in total. The van der Waals surface area contributed by atoms with Crippen LogP contribution in [0.1, 0.15) is 0 Å². The van der Waals surface area contributed by atoms with E-state index in [2.05, 4.69) is 29.1 Å². The second-order valence-electron chi connectivity index (χ2n) is 2.98. The summed E-state index contributed by atoms with van der Waals surface area (Å²) in [5.41, 5.74) is 0. The van der Waals surface area contributed by atoms with Gasteiger partial charge in [-0.15, -0.1) is 6.58 Å². The molecule has 1 heterocycles. The monoisotopic (exact) mass is 182 g/mol. The molecule has 1 rings (SSSR count). The van der Waals surface area contributed by atoms with E-state index in [9.17, 15) is 0 Å². The van der Waals surface area contributed by atoms with E-state index in [1.807, 2.05) is 6.08 Å². The second-order valence-corrected chi connectivity index (χ2v) is 2.98. The van der Waals surface area contributed by atoms with Crippen LogP contribution in [0.4, 0.5) is 0 Å². The first-order chi connectivity index (χ1) is 6.43. The Kier molecular flexibility index (Phi) is 5.29. The molecule has 0 radical (unpaired) electrons. The highest BCUT2D eigenvalue weighted by Crippen LogP contribution is 1.96. The highest BCUT2D eigenvalue weighted by Gasteiger charge is 2.04. The Hall–Kier alpha value is -0.800. The summed E-state index contributed by atoms with van der Waals surface area (Å²) in [6.45, 7) is 9.14. The number of morpholine rings is 1. The van der Waals surface area contributed by atoms with Crippen molar-refractivity contribution in [2.75, 3.05) is 39.4 Å². The molecule has 3 nitrogen and oxygen atoms in total. The molecule has 0 aliphatic carbocycles. The van der Waals surface area contributed by atoms with Gasteiger partial charge in [0.1, 0.15) is 0 Å². The zero-order chi connectivity index (χ0) is 9.36. The summed E-state index contributed by atoms with van der Waals surface area (Å²) in [5, 5.41) is 3.21. The van der Waals surface area contributed by atoms with Crippen molar-refractivity contribution >= 4 is 0 Å². The van der Waals surface area contributed by atoms with Crippen molar-refractivity contribution < 1.29 is 4.74 Å². The van der Waals surface area contributed by atoms with Crippen molar-refractivity contribution in [1.82, 2.24) is 10.2 Å². The zero-order valence-corrected chi connectivity index (χ0v) is 8.04. The van der Waals surface area contributed by atoms with Gasteiger partial charge in [-0.2, -0.15) is 0 Å². The van der Waals surface area contributed by atoms with Gasteiger partial charge in [0.05, 0.1) is 13.2 Å². The van der Waals surface area contributed by atoms with Gasteiger partial charge in [0.2, 0.25) is 0 Å². The van der Waals surface area contributed by atoms with Crippen molar-refractivity contribution in [1.29, 1.82) is 0 Å². The van der Waals surface area contributed by atoms with Crippen molar-refractivity contribution in [2.24, 2.45) is 0 Å². The fourth-order valence-electron chi connectivity index (χ4n) is 1.20. The van der Waals surface area contributed by atoms with Crippen LogP contribution in [0.2, 0.25) is 0 Å². The average molecular weight is 182 g/mol. The minimum Gasteiger partial charge on any atom is -0.378 e. The van der Waals surface area contributed by atoms with E-state index in [-0.39, 0.29) is 0 Å². The summed E-state index contributed by atoms with van der Waals surface area (Å²) in [7, 11) is 0. The van der Waals surface area contributed by atoms with E-state index in [0.29, 0.717) is 0 Å². The largest absolute Gasteiger partial charge is 0.378 e. The molecular formula is C10H18N2O. The van der Waals surface area contributed by atoms with Gasteiger partial charge in [-0.3, -0.25) is 0 Å². The van der Waals surface area contributed by atoms with E-state index in [1.54, 1.807) is 0 Å². The zero-order valence-electron chi connectivity index (χ0n) is 8.04. The number of ether oxygens (including phenoxy) is 1. The summed E-state index contributed by atoms with van der Waals surface area (Å²) in [4.78, 5) is 2.28. The van der Waals surface area contributed by atoms with Gasteiger partial charge in [0.15, 0.2) is 0 Å². The van der Waals surface area contributed by atoms with Gasteiger partial charge in [-0.05, 0) is 6.20 Å². The van der Waals surface area contributed by atoms with Gasteiger partial charge in [-0.25, -0.2) is 0 Å². The molecule has 0 amide bonds. The maximum Gasteiger partial charge on any atom is 0.0642 e.